The van der Waals surface area contributed by atoms with Crippen LogP contribution in [0.1, 0.15) is 23.2 Å². The van der Waals surface area contributed by atoms with Gasteiger partial charge in [-0.3, -0.25) is 9.69 Å². The number of aryl methyl sites for hydroxylation is 1. The summed E-state index contributed by atoms with van der Waals surface area (Å²) in [5.74, 6) is 0.833. The van der Waals surface area contributed by atoms with Gasteiger partial charge in [-0.1, -0.05) is 0 Å². The number of nitrogens with zero attached hydrogens (tertiary/aromatic N) is 4. The number of halogens is 1. The predicted molar refractivity (Wildman–Crippen MR) is 114 cm³/mol. The zero-order valence-electron chi connectivity index (χ0n) is 16.5. The minimum atomic E-state index is -0.0736. The van der Waals surface area contributed by atoms with Crippen molar-refractivity contribution in [3.63, 3.8) is 0 Å². The molecule has 0 aliphatic carbocycles. The third-order valence-electron chi connectivity index (χ3n) is 4.56. The highest BCUT2D eigenvalue weighted by molar-refractivity contribution is 9.10. The largest absolute Gasteiger partial charge is 0.490 e. The molecule has 0 bridgehead atoms. The molecule has 2 heterocycles. The Morgan fingerprint density at radius 3 is 2.69 bits per heavy atom. The van der Waals surface area contributed by atoms with Crippen LogP contribution < -0.4 is 9.47 Å². The molecule has 0 radical (unpaired) electrons. The van der Waals surface area contributed by atoms with Crippen molar-refractivity contribution in [3.05, 3.63) is 38.3 Å². The number of nitriles is 1. The van der Waals surface area contributed by atoms with Crippen molar-refractivity contribution < 1.29 is 14.3 Å². The Balaban J connectivity index is 1.53. The van der Waals surface area contributed by atoms with Gasteiger partial charge in [0, 0.05) is 44.2 Å². The number of benzene rings is 1. The third-order valence-corrected chi connectivity index (χ3v) is 5.97. The zero-order chi connectivity index (χ0) is 20.8. The van der Waals surface area contributed by atoms with Crippen molar-refractivity contribution in [1.82, 2.24) is 14.8 Å². The van der Waals surface area contributed by atoms with Crippen LogP contribution in [0.5, 0.6) is 11.5 Å². The number of amides is 1. The summed E-state index contributed by atoms with van der Waals surface area (Å²) in [5.41, 5.74) is 1.55. The lowest BCUT2D eigenvalue weighted by molar-refractivity contribution is -0.135. The highest BCUT2D eigenvalue weighted by atomic mass is 79.9. The van der Waals surface area contributed by atoms with E-state index in [0.717, 1.165) is 30.3 Å². The van der Waals surface area contributed by atoms with Gasteiger partial charge in [0.15, 0.2) is 18.1 Å². The van der Waals surface area contributed by atoms with Crippen LogP contribution in [0.25, 0.3) is 0 Å². The van der Waals surface area contributed by atoms with Crippen LogP contribution in [0.2, 0.25) is 0 Å². The zero-order valence-corrected chi connectivity index (χ0v) is 18.9. The summed E-state index contributed by atoms with van der Waals surface area (Å²) in [5, 5.41) is 12.3. The molecular formula is C20H23BrN4O3S. The molecule has 2 aromatic rings. The van der Waals surface area contributed by atoms with Crippen molar-refractivity contribution in [1.29, 1.82) is 5.26 Å². The summed E-state index contributed by atoms with van der Waals surface area (Å²) >= 11 is 5.06. The highest BCUT2D eigenvalue weighted by Gasteiger charge is 2.23. The fourth-order valence-corrected chi connectivity index (χ4v) is 4.29. The minimum absolute atomic E-state index is 0.0622. The van der Waals surface area contributed by atoms with Gasteiger partial charge in [0.25, 0.3) is 5.91 Å². The van der Waals surface area contributed by atoms with Crippen LogP contribution in [-0.4, -0.2) is 60.1 Å². The number of rotatable bonds is 7. The van der Waals surface area contributed by atoms with E-state index in [1.165, 1.54) is 0 Å². The summed E-state index contributed by atoms with van der Waals surface area (Å²) in [4.78, 5) is 21.2. The van der Waals surface area contributed by atoms with Crippen molar-refractivity contribution in [2.75, 3.05) is 39.4 Å². The van der Waals surface area contributed by atoms with Crippen LogP contribution >= 0.6 is 27.3 Å². The fourth-order valence-electron chi connectivity index (χ4n) is 3.13. The van der Waals surface area contributed by atoms with Gasteiger partial charge in [0.05, 0.1) is 33.4 Å². The highest BCUT2D eigenvalue weighted by Crippen LogP contribution is 2.36. The summed E-state index contributed by atoms with van der Waals surface area (Å²) in [6, 6.07) is 5.36. The van der Waals surface area contributed by atoms with Crippen LogP contribution in [0.3, 0.4) is 0 Å². The summed E-state index contributed by atoms with van der Waals surface area (Å²) in [6.07, 6.45) is 0. The smallest absolute Gasteiger partial charge is 0.260 e. The first-order chi connectivity index (χ1) is 14.0. The van der Waals surface area contributed by atoms with Gasteiger partial charge < -0.3 is 14.4 Å². The summed E-state index contributed by atoms with van der Waals surface area (Å²) in [7, 11) is 0. The van der Waals surface area contributed by atoms with Crippen LogP contribution in [0.4, 0.5) is 0 Å². The lowest BCUT2D eigenvalue weighted by Gasteiger charge is -2.34. The molecule has 1 aliphatic heterocycles. The lowest BCUT2D eigenvalue weighted by Crippen LogP contribution is -2.49. The van der Waals surface area contributed by atoms with Crippen molar-refractivity contribution in [3.8, 4) is 17.6 Å². The van der Waals surface area contributed by atoms with Crippen molar-refractivity contribution in [2.24, 2.45) is 0 Å². The number of carbonyl (C=O) groups is 1. The van der Waals surface area contributed by atoms with Crippen molar-refractivity contribution >= 4 is 33.2 Å². The maximum atomic E-state index is 12.6. The Morgan fingerprint density at radius 2 is 2.07 bits per heavy atom. The van der Waals surface area contributed by atoms with E-state index >= 15 is 0 Å². The molecule has 29 heavy (non-hydrogen) atoms. The molecule has 3 rings (SSSR count). The van der Waals surface area contributed by atoms with E-state index in [1.54, 1.807) is 23.5 Å². The second-order valence-corrected chi connectivity index (χ2v) is 8.55. The predicted octanol–water partition coefficient (Wildman–Crippen LogP) is 3.21. The lowest BCUT2D eigenvalue weighted by atomic mass is 10.2. The molecule has 0 saturated carbocycles. The molecule has 0 spiro atoms. The first-order valence-corrected chi connectivity index (χ1v) is 11.1. The van der Waals surface area contributed by atoms with Gasteiger partial charge in [-0.05, 0) is 35.8 Å². The van der Waals surface area contributed by atoms with Gasteiger partial charge in [0.1, 0.15) is 0 Å². The molecule has 1 aliphatic rings. The molecule has 9 heteroatoms. The standard InChI is InChI=1S/C20H23BrN4O3S/c1-3-27-18-9-15(10-22)8-17(21)20(18)28-12-19(26)25-6-4-24(5-7-25)11-16-13-29-14(2)23-16/h8-9,13H,3-7,11-12H2,1-2H3. The molecule has 1 aromatic carbocycles. The van der Waals surface area contributed by atoms with Gasteiger partial charge >= 0.3 is 0 Å². The van der Waals surface area contributed by atoms with Crippen LogP contribution in [0, 0.1) is 18.3 Å². The number of hydrogen-bond donors (Lipinski definition) is 0. The number of piperazine rings is 1. The van der Waals surface area contributed by atoms with E-state index in [2.05, 4.69) is 37.3 Å². The van der Waals surface area contributed by atoms with E-state index < -0.39 is 0 Å². The Morgan fingerprint density at radius 1 is 1.31 bits per heavy atom. The summed E-state index contributed by atoms with van der Waals surface area (Å²) < 4.78 is 11.9. The van der Waals surface area contributed by atoms with E-state index in [4.69, 9.17) is 14.7 Å². The molecule has 1 fully saturated rings. The quantitative estimate of drug-likeness (QED) is 0.607. The molecule has 0 N–H and O–H groups in total. The van der Waals surface area contributed by atoms with Gasteiger partial charge in [0.2, 0.25) is 0 Å². The Bertz CT molecular complexity index is 904. The molecule has 7 nitrogen and oxygen atoms in total. The second-order valence-electron chi connectivity index (χ2n) is 6.63. The maximum absolute atomic E-state index is 12.6. The molecule has 1 aromatic heterocycles. The maximum Gasteiger partial charge on any atom is 0.260 e. The fraction of sp³-hybridized carbons (Fsp3) is 0.450. The molecular weight excluding hydrogens is 456 g/mol. The molecule has 0 atom stereocenters. The Labute approximate surface area is 183 Å². The SMILES string of the molecule is CCOc1cc(C#N)cc(Br)c1OCC(=O)N1CCN(Cc2csc(C)n2)CC1. The molecule has 1 saturated heterocycles. The number of thiazole rings is 1. The number of hydrogen-bond acceptors (Lipinski definition) is 7. The first-order valence-electron chi connectivity index (χ1n) is 9.40. The number of aromatic nitrogens is 1. The Hall–Kier alpha value is -2.15. The topological polar surface area (TPSA) is 78.7 Å². The third kappa shape index (κ3) is 5.69. The van der Waals surface area contributed by atoms with Crippen LogP contribution in [-0.2, 0) is 11.3 Å². The Kier molecular flexibility index (Phi) is 7.47. The van der Waals surface area contributed by atoms with Gasteiger partial charge in [-0.2, -0.15) is 5.26 Å². The number of ether oxygens (including phenoxy) is 2. The number of carbonyl (C=O) groups excluding carboxylic acids is 1. The molecule has 154 valence electrons. The molecule has 0 unspecified atom stereocenters. The first kappa shape index (κ1) is 21.6. The average Bonchev–Trinajstić information content (AvgIpc) is 3.12. The summed E-state index contributed by atoms with van der Waals surface area (Å²) in [6.45, 7) is 8.00. The normalized spacial score (nSPS) is 14.5. The molecule has 1 amide bonds. The van der Waals surface area contributed by atoms with Gasteiger partial charge in [-0.25, -0.2) is 4.98 Å². The van der Waals surface area contributed by atoms with Crippen molar-refractivity contribution in [2.45, 2.75) is 20.4 Å². The monoisotopic (exact) mass is 478 g/mol. The van der Waals surface area contributed by atoms with E-state index in [-0.39, 0.29) is 12.5 Å². The van der Waals surface area contributed by atoms with E-state index in [9.17, 15) is 4.79 Å². The van der Waals surface area contributed by atoms with E-state index in [1.807, 2.05) is 18.7 Å². The minimum Gasteiger partial charge on any atom is -0.490 e. The second kappa shape index (κ2) is 10.1. The van der Waals surface area contributed by atoms with Crippen LogP contribution in [0.15, 0.2) is 22.0 Å². The average molecular weight is 479 g/mol. The van der Waals surface area contributed by atoms with Gasteiger partial charge in [-0.15, -0.1) is 11.3 Å². The van der Waals surface area contributed by atoms with E-state index in [0.29, 0.717) is 41.2 Å².